The topological polar surface area (TPSA) is 75.5 Å². The summed E-state index contributed by atoms with van der Waals surface area (Å²) in [6.45, 7) is 0.0552. The van der Waals surface area contributed by atoms with Crippen molar-refractivity contribution in [2.45, 2.75) is 18.9 Å². The molecule has 1 aromatic rings. The van der Waals surface area contributed by atoms with E-state index < -0.39 is 6.10 Å². The second-order valence-corrected chi connectivity index (χ2v) is 2.83. The molecule has 5 heteroatoms. The summed E-state index contributed by atoms with van der Waals surface area (Å²) in [7, 11) is 1.48. The molecule has 0 aromatic carbocycles. The summed E-state index contributed by atoms with van der Waals surface area (Å²) in [4.78, 5) is 7.90. The summed E-state index contributed by atoms with van der Waals surface area (Å²) in [5.74, 6) is 0.331. The molecule has 1 heterocycles. The van der Waals surface area contributed by atoms with Crippen LogP contribution in [0.3, 0.4) is 0 Å². The number of hydrogen-bond donors (Lipinski definition) is 2. The number of nitrogens with zero attached hydrogens (tertiary/aromatic N) is 2. The Bertz CT molecular complexity index is 281. The maximum Gasteiger partial charge on any atom is 0.238 e. The highest BCUT2D eigenvalue weighted by atomic mass is 16.5. The molecule has 0 amide bonds. The molecule has 1 aromatic heterocycles. The molecular formula is C9H14N2O3. The highest BCUT2D eigenvalue weighted by Gasteiger charge is 2.14. The minimum Gasteiger partial charge on any atom is -0.480 e. The Morgan fingerprint density at radius 1 is 1.43 bits per heavy atom. The molecule has 0 aliphatic heterocycles. The summed E-state index contributed by atoms with van der Waals surface area (Å²) in [5.41, 5.74) is 0.420. The maximum atomic E-state index is 9.67. The zero-order valence-corrected chi connectivity index (χ0v) is 8.05. The molecule has 1 rings (SSSR count). The average Bonchev–Trinajstić information content (AvgIpc) is 2.25. The standard InChI is InChI=1S/C9H14N2O3/c1-14-9-8(10-4-5-11-9)7(13)3-2-6-12/h4-5,7,12-13H,2-3,6H2,1H3. The van der Waals surface area contributed by atoms with Crippen LogP contribution in [0.15, 0.2) is 12.4 Å². The Kier molecular flexibility index (Phi) is 4.28. The number of rotatable bonds is 5. The van der Waals surface area contributed by atoms with Crippen LogP contribution in [0.2, 0.25) is 0 Å². The minimum absolute atomic E-state index is 0.0552. The van der Waals surface area contributed by atoms with Crippen molar-refractivity contribution < 1.29 is 14.9 Å². The molecule has 0 saturated heterocycles. The van der Waals surface area contributed by atoms with Crippen molar-refractivity contribution in [1.82, 2.24) is 9.97 Å². The van der Waals surface area contributed by atoms with E-state index in [9.17, 15) is 5.11 Å². The van der Waals surface area contributed by atoms with Gasteiger partial charge in [-0.25, -0.2) is 4.98 Å². The van der Waals surface area contributed by atoms with Gasteiger partial charge in [0.25, 0.3) is 0 Å². The largest absolute Gasteiger partial charge is 0.480 e. The van der Waals surface area contributed by atoms with Crippen LogP contribution in [0.4, 0.5) is 0 Å². The Morgan fingerprint density at radius 2 is 2.14 bits per heavy atom. The first-order chi connectivity index (χ1) is 6.79. The highest BCUT2D eigenvalue weighted by molar-refractivity contribution is 5.19. The van der Waals surface area contributed by atoms with E-state index in [4.69, 9.17) is 9.84 Å². The Labute approximate surface area is 82.4 Å². The second-order valence-electron chi connectivity index (χ2n) is 2.83. The van der Waals surface area contributed by atoms with E-state index >= 15 is 0 Å². The number of aliphatic hydroxyl groups excluding tert-OH is 2. The van der Waals surface area contributed by atoms with Crippen LogP contribution in [0, 0.1) is 0 Å². The Morgan fingerprint density at radius 3 is 2.79 bits per heavy atom. The van der Waals surface area contributed by atoms with Crippen LogP contribution in [-0.2, 0) is 0 Å². The van der Waals surface area contributed by atoms with Gasteiger partial charge in [0.1, 0.15) is 11.8 Å². The van der Waals surface area contributed by atoms with Gasteiger partial charge in [-0.05, 0) is 12.8 Å². The molecule has 1 unspecified atom stereocenters. The van der Waals surface area contributed by atoms with Crippen LogP contribution >= 0.6 is 0 Å². The van der Waals surface area contributed by atoms with Gasteiger partial charge < -0.3 is 14.9 Å². The third-order valence-corrected chi connectivity index (χ3v) is 1.84. The molecule has 1 atom stereocenters. The van der Waals surface area contributed by atoms with Crippen molar-refractivity contribution in [3.63, 3.8) is 0 Å². The molecule has 0 aliphatic carbocycles. The lowest BCUT2D eigenvalue weighted by atomic mass is 10.1. The second kappa shape index (κ2) is 5.51. The minimum atomic E-state index is -0.731. The monoisotopic (exact) mass is 198 g/mol. The van der Waals surface area contributed by atoms with E-state index in [2.05, 4.69) is 9.97 Å². The first-order valence-corrected chi connectivity index (χ1v) is 4.43. The van der Waals surface area contributed by atoms with Crippen LogP contribution in [0.5, 0.6) is 5.88 Å². The van der Waals surface area contributed by atoms with Gasteiger partial charge in [-0.1, -0.05) is 0 Å². The number of methoxy groups -OCH3 is 1. The molecule has 2 N–H and O–H groups in total. The van der Waals surface area contributed by atoms with Crippen molar-refractivity contribution in [1.29, 1.82) is 0 Å². The first kappa shape index (κ1) is 10.9. The lowest BCUT2D eigenvalue weighted by molar-refractivity contribution is 0.143. The molecule has 0 fully saturated rings. The van der Waals surface area contributed by atoms with Crippen molar-refractivity contribution in [3.05, 3.63) is 18.1 Å². The summed E-state index contributed by atoms with van der Waals surface area (Å²) >= 11 is 0. The van der Waals surface area contributed by atoms with Gasteiger partial charge in [0.15, 0.2) is 0 Å². The van der Waals surface area contributed by atoms with Crippen molar-refractivity contribution in [3.8, 4) is 5.88 Å². The number of hydrogen-bond acceptors (Lipinski definition) is 5. The Balaban J connectivity index is 2.72. The summed E-state index contributed by atoms with van der Waals surface area (Å²) in [5, 5.41) is 18.3. The highest BCUT2D eigenvalue weighted by Crippen LogP contribution is 2.22. The first-order valence-electron chi connectivity index (χ1n) is 4.43. The molecule has 0 bridgehead atoms. The van der Waals surface area contributed by atoms with Crippen LogP contribution < -0.4 is 4.74 Å². The number of ether oxygens (including phenoxy) is 1. The lowest BCUT2D eigenvalue weighted by Crippen LogP contribution is -2.05. The van der Waals surface area contributed by atoms with Crippen molar-refractivity contribution in [2.24, 2.45) is 0 Å². The molecule has 5 nitrogen and oxygen atoms in total. The SMILES string of the molecule is COc1nccnc1C(O)CCCO. The number of aliphatic hydroxyl groups is 2. The van der Waals surface area contributed by atoms with Crippen molar-refractivity contribution in [2.75, 3.05) is 13.7 Å². The van der Waals surface area contributed by atoms with Gasteiger partial charge in [-0.15, -0.1) is 0 Å². The van der Waals surface area contributed by atoms with Gasteiger partial charge in [-0.2, -0.15) is 0 Å². The van der Waals surface area contributed by atoms with Crippen LogP contribution in [0.1, 0.15) is 24.6 Å². The summed E-state index contributed by atoms with van der Waals surface area (Å²) in [6, 6.07) is 0. The lowest BCUT2D eigenvalue weighted by Gasteiger charge is -2.11. The van der Waals surface area contributed by atoms with Gasteiger partial charge in [0.05, 0.1) is 7.11 Å². The van der Waals surface area contributed by atoms with Crippen LogP contribution in [0.25, 0.3) is 0 Å². The predicted molar refractivity (Wildman–Crippen MR) is 49.9 cm³/mol. The van der Waals surface area contributed by atoms with Crippen LogP contribution in [-0.4, -0.2) is 33.9 Å². The van der Waals surface area contributed by atoms with E-state index in [1.54, 1.807) is 0 Å². The third-order valence-electron chi connectivity index (χ3n) is 1.84. The van der Waals surface area contributed by atoms with E-state index in [0.717, 1.165) is 0 Å². The van der Waals surface area contributed by atoms with Gasteiger partial charge in [0.2, 0.25) is 5.88 Å². The fourth-order valence-corrected chi connectivity index (χ4v) is 1.14. The molecular weight excluding hydrogens is 184 g/mol. The normalized spacial score (nSPS) is 12.5. The van der Waals surface area contributed by atoms with E-state index in [1.807, 2.05) is 0 Å². The molecule has 78 valence electrons. The molecule has 14 heavy (non-hydrogen) atoms. The molecule has 0 saturated carbocycles. The predicted octanol–water partition coefficient (Wildman–Crippen LogP) is 0.291. The molecule has 0 aliphatic rings. The molecule has 0 radical (unpaired) electrons. The van der Waals surface area contributed by atoms with Gasteiger partial charge in [-0.3, -0.25) is 4.98 Å². The van der Waals surface area contributed by atoms with E-state index in [-0.39, 0.29) is 6.61 Å². The smallest absolute Gasteiger partial charge is 0.238 e. The zero-order valence-electron chi connectivity index (χ0n) is 8.05. The van der Waals surface area contributed by atoms with Gasteiger partial charge >= 0.3 is 0 Å². The summed E-state index contributed by atoms with van der Waals surface area (Å²) < 4.78 is 4.95. The van der Waals surface area contributed by atoms with E-state index in [0.29, 0.717) is 24.4 Å². The average molecular weight is 198 g/mol. The molecule has 0 spiro atoms. The quantitative estimate of drug-likeness (QED) is 0.711. The third kappa shape index (κ3) is 2.65. The fourth-order valence-electron chi connectivity index (χ4n) is 1.14. The van der Waals surface area contributed by atoms with Crippen molar-refractivity contribution >= 4 is 0 Å². The zero-order chi connectivity index (χ0) is 10.4. The van der Waals surface area contributed by atoms with Gasteiger partial charge in [0, 0.05) is 19.0 Å². The van der Waals surface area contributed by atoms with E-state index in [1.165, 1.54) is 19.5 Å². The number of aromatic nitrogens is 2. The summed E-state index contributed by atoms with van der Waals surface area (Å²) in [6.07, 6.45) is 3.25. The fraction of sp³-hybridized carbons (Fsp3) is 0.556. The maximum absolute atomic E-state index is 9.67. The Hall–Kier alpha value is -1.20.